The predicted molar refractivity (Wildman–Crippen MR) is 86.0 cm³/mol. The maximum absolute atomic E-state index is 12.9. The van der Waals surface area contributed by atoms with Crippen LogP contribution in [-0.2, 0) is 9.59 Å². The Morgan fingerprint density at radius 3 is 2.50 bits per heavy atom. The number of nitrogens with one attached hydrogen (secondary N) is 1. The molecule has 0 saturated heterocycles. The molecule has 24 heavy (non-hydrogen) atoms. The number of carboxylic acids is 1. The number of hydrogen-bond acceptors (Lipinski definition) is 4. The number of ether oxygens (including phenoxy) is 1. The molecule has 5 heteroatoms. The van der Waals surface area contributed by atoms with Crippen molar-refractivity contribution >= 4 is 17.6 Å². The molecule has 0 radical (unpaired) electrons. The number of anilines is 1. The van der Waals surface area contributed by atoms with E-state index in [1.54, 1.807) is 12.1 Å². The summed E-state index contributed by atoms with van der Waals surface area (Å²) in [5, 5.41) is 14.6. The summed E-state index contributed by atoms with van der Waals surface area (Å²) in [6.07, 6.45) is 6.02. The molecule has 0 aliphatic heterocycles. The van der Waals surface area contributed by atoms with Crippen molar-refractivity contribution in [2.24, 2.45) is 29.1 Å². The van der Waals surface area contributed by atoms with E-state index in [-0.39, 0.29) is 23.2 Å². The van der Waals surface area contributed by atoms with Crippen LogP contribution in [0.2, 0.25) is 0 Å². The molecule has 0 aromatic heterocycles. The largest absolute Gasteiger partial charge is 0.550 e. The van der Waals surface area contributed by atoms with Crippen molar-refractivity contribution in [1.82, 2.24) is 0 Å². The minimum Gasteiger partial charge on any atom is -0.550 e. The normalized spacial score (nSPS) is 31.2. The van der Waals surface area contributed by atoms with Gasteiger partial charge in [-0.3, -0.25) is 4.79 Å². The molecule has 2 saturated carbocycles. The van der Waals surface area contributed by atoms with E-state index in [4.69, 9.17) is 4.74 Å². The topological polar surface area (TPSA) is 78.5 Å². The molecule has 2 fully saturated rings. The first kappa shape index (κ1) is 15.2. The quantitative estimate of drug-likeness (QED) is 0.834. The van der Waals surface area contributed by atoms with Gasteiger partial charge in [0.1, 0.15) is 5.75 Å². The van der Waals surface area contributed by atoms with Gasteiger partial charge in [-0.25, -0.2) is 0 Å². The fourth-order valence-electron chi connectivity index (χ4n) is 4.74. The van der Waals surface area contributed by atoms with Gasteiger partial charge in [0.2, 0.25) is 5.91 Å². The van der Waals surface area contributed by atoms with Crippen molar-refractivity contribution in [3.05, 3.63) is 36.4 Å². The lowest BCUT2D eigenvalue weighted by Gasteiger charge is -2.28. The summed E-state index contributed by atoms with van der Waals surface area (Å²) in [4.78, 5) is 24.6. The first-order valence-electron chi connectivity index (χ1n) is 8.50. The predicted octanol–water partition coefficient (Wildman–Crippen LogP) is 1.60. The van der Waals surface area contributed by atoms with E-state index >= 15 is 0 Å². The smallest absolute Gasteiger partial charge is 0.228 e. The molecule has 2 bridgehead atoms. The maximum Gasteiger partial charge on any atom is 0.228 e. The molecule has 5 nitrogen and oxygen atoms in total. The molecule has 3 aliphatic carbocycles. The van der Waals surface area contributed by atoms with Crippen LogP contribution in [0, 0.1) is 29.1 Å². The number of allylic oxidation sites excluding steroid dienone is 2. The lowest BCUT2D eigenvalue weighted by atomic mass is 9.82. The van der Waals surface area contributed by atoms with Gasteiger partial charge in [-0.2, -0.15) is 0 Å². The highest BCUT2D eigenvalue weighted by atomic mass is 16.5. The van der Waals surface area contributed by atoms with Gasteiger partial charge in [-0.1, -0.05) is 24.3 Å². The number of para-hydroxylation sites is 2. The van der Waals surface area contributed by atoms with E-state index in [9.17, 15) is 14.7 Å². The van der Waals surface area contributed by atoms with E-state index in [1.165, 1.54) is 0 Å². The highest BCUT2D eigenvalue weighted by Crippen LogP contribution is 2.71. The van der Waals surface area contributed by atoms with Crippen LogP contribution in [0.25, 0.3) is 0 Å². The molecule has 0 unspecified atom stereocenters. The van der Waals surface area contributed by atoms with Crippen LogP contribution in [0.5, 0.6) is 5.75 Å². The molecule has 1 N–H and O–H groups in total. The minimum absolute atomic E-state index is 0.00431. The molecule has 1 aromatic rings. The molecule has 0 heterocycles. The highest BCUT2D eigenvalue weighted by molar-refractivity contribution is 5.97. The van der Waals surface area contributed by atoms with Crippen molar-refractivity contribution in [2.45, 2.75) is 19.8 Å². The van der Waals surface area contributed by atoms with Gasteiger partial charge in [0.15, 0.2) is 0 Å². The number of carbonyl (C=O) groups is 2. The molecule has 126 valence electrons. The van der Waals surface area contributed by atoms with Gasteiger partial charge in [0.05, 0.1) is 18.2 Å². The summed E-state index contributed by atoms with van der Waals surface area (Å²) in [6.45, 7) is 2.37. The molecule has 3 aliphatic rings. The van der Waals surface area contributed by atoms with E-state index < -0.39 is 17.8 Å². The Morgan fingerprint density at radius 2 is 1.88 bits per heavy atom. The molecule has 1 spiro atoms. The fraction of sp³-hybridized carbons (Fsp3) is 0.474. The zero-order valence-electron chi connectivity index (χ0n) is 13.5. The third-order valence-corrected chi connectivity index (χ3v) is 5.86. The van der Waals surface area contributed by atoms with E-state index in [2.05, 4.69) is 5.32 Å². The van der Waals surface area contributed by atoms with Crippen molar-refractivity contribution in [3.63, 3.8) is 0 Å². The van der Waals surface area contributed by atoms with E-state index in [1.807, 2.05) is 31.2 Å². The Labute approximate surface area is 140 Å². The number of benzene rings is 1. The first-order valence-corrected chi connectivity index (χ1v) is 8.50. The van der Waals surface area contributed by atoms with Crippen LogP contribution in [0.1, 0.15) is 19.8 Å². The van der Waals surface area contributed by atoms with Gasteiger partial charge in [-0.15, -0.1) is 0 Å². The Morgan fingerprint density at radius 1 is 1.21 bits per heavy atom. The van der Waals surface area contributed by atoms with Crippen molar-refractivity contribution in [2.75, 3.05) is 11.9 Å². The van der Waals surface area contributed by atoms with Crippen molar-refractivity contribution < 1.29 is 19.4 Å². The minimum atomic E-state index is -1.11. The van der Waals surface area contributed by atoms with E-state index in [0.29, 0.717) is 18.0 Å². The molecule has 4 rings (SSSR count). The molecule has 1 aromatic carbocycles. The average Bonchev–Trinajstić information content (AvgIpc) is 3.22. The molecule has 1 amide bonds. The molecule has 4 atom stereocenters. The lowest BCUT2D eigenvalue weighted by molar-refractivity contribution is -0.313. The lowest BCUT2D eigenvalue weighted by Crippen LogP contribution is -2.42. The number of carbonyl (C=O) groups excluding carboxylic acids is 2. The summed E-state index contributed by atoms with van der Waals surface area (Å²) in [5.74, 6) is -2.13. The van der Waals surface area contributed by atoms with Gasteiger partial charge in [-0.05, 0) is 49.1 Å². The average molecular weight is 326 g/mol. The van der Waals surface area contributed by atoms with Crippen LogP contribution in [0.15, 0.2) is 36.4 Å². The summed E-state index contributed by atoms with van der Waals surface area (Å²) in [6, 6.07) is 7.22. The molecular formula is C19H20NO4-. The Kier molecular flexibility index (Phi) is 3.41. The van der Waals surface area contributed by atoms with Gasteiger partial charge >= 0.3 is 0 Å². The summed E-state index contributed by atoms with van der Waals surface area (Å²) >= 11 is 0. The van der Waals surface area contributed by atoms with Crippen LogP contribution < -0.4 is 15.2 Å². The van der Waals surface area contributed by atoms with Crippen LogP contribution in [0.3, 0.4) is 0 Å². The maximum atomic E-state index is 12.9. The van der Waals surface area contributed by atoms with Gasteiger partial charge in [0, 0.05) is 11.9 Å². The Hall–Kier alpha value is -2.30. The zero-order chi connectivity index (χ0) is 16.9. The SMILES string of the molecule is CCOc1ccccc1NC(=O)[C@@H]1[C@@H](C(=O)[O-])[C@H]2C=C[C@@H]1C21CC1. The van der Waals surface area contributed by atoms with Gasteiger partial charge < -0.3 is 20.0 Å². The second-order valence-corrected chi connectivity index (χ2v) is 6.96. The second-order valence-electron chi connectivity index (χ2n) is 6.96. The van der Waals surface area contributed by atoms with Crippen molar-refractivity contribution in [1.29, 1.82) is 0 Å². The number of carboxylic acid groups (broad SMARTS) is 1. The molecular weight excluding hydrogens is 306 g/mol. The monoisotopic (exact) mass is 326 g/mol. The Balaban J connectivity index is 1.61. The summed E-state index contributed by atoms with van der Waals surface area (Å²) in [5.41, 5.74) is 0.574. The highest BCUT2D eigenvalue weighted by Gasteiger charge is 2.68. The standard InChI is InChI=1S/C19H21NO4/c1-2-24-14-6-4-3-5-13(14)20-17(21)15-11-7-8-12(16(15)18(22)23)19(11)9-10-19/h3-8,11-12,15-16H,2,9-10H2,1H3,(H,20,21)(H,22,23)/p-1/t11-,12+,15-,16-/m0/s1. The zero-order valence-corrected chi connectivity index (χ0v) is 13.5. The Bertz CT molecular complexity index is 722. The number of amides is 1. The van der Waals surface area contributed by atoms with Crippen LogP contribution >= 0.6 is 0 Å². The second kappa shape index (κ2) is 5.36. The number of aliphatic carboxylic acids is 1. The fourth-order valence-corrected chi connectivity index (χ4v) is 4.74. The third kappa shape index (κ3) is 2.07. The van der Waals surface area contributed by atoms with Crippen LogP contribution in [0.4, 0.5) is 5.69 Å². The van der Waals surface area contributed by atoms with Gasteiger partial charge in [0.25, 0.3) is 0 Å². The first-order chi connectivity index (χ1) is 11.6. The van der Waals surface area contributed by atoms with Crippen LogP contribution in [-0.4, -0.2) is 18.5 Å². The van der Waals surface area contributed by atoms with E-state index in [0.717, 1.165) is 12.8 Å². The van der Waals surface area contributed by atoms with Crippen molar-refractivity contribution in [3.8, 4) is 5.75 Å². The number of rotatable bonds is 5. The number of hydrogen-bond donors (Lipinski definition) is 1. The summed E-state index contributed by atoms with van der Waals surface area (Å²) < 4.78 is 5.53. The third-order valence-electron chi connectivity index (χ3n) is 5.86. The summed E-state index contributed by atoms with van der Waals surface area (Å²) in [7, 11) is 0.